The highest BCUT2D eigenvalue weighted by Crippen LogP contribution is 2.37. The van der Waals surface area contributed by atoms with E-state index >= 15 is 0 Å². The second-order valence-electron chi connectivity index (χ2n) is 7.45. The summed E-state index contributed by atoms with van der Waals surface area (Å²) in [4.78, 5) is 15.3. The van der Waals surface area contributed by atoms with Crippen LogP contribution in [0.1, 0.15) is 22.1 Å². The fourth-order valence-corrected chi connectivity index (χ4v) is 3.84. The van der Waals surface area contributed by atoms with Crippen LogP contribution in [0.4, 0.5) is 11.4 Å². The molecule has 0 aromatic heterocycles. The number of rotatable bonds is 5. The largest absolute Gasteiger partial charge is 0.497 e. The van der Waals surface area contributed by atoms with Crippen molar-refractivity contribution in [3.63, 3.8) is 0 Å². The molecule has 4 aromatic carbocycles. The lowest BCUT2D eigenvalue weighted by Gasteiger charge is -2.38. The normalized spacial score (nSPS) is 15.0. The van der Waals surface area contributed by atoms with Gasteiger partial charge in [0.1, 0.15) is 23.4 Å². The van der Waals surface area contributed by atoms with Crippen molar-refractivity contribution in [2.24, 2.45) is 0 Å². The summed E-state index contributed by atoms with van der Waals surface area (Å²) in [5.74, 6) is 2.18. The zero-order chi connectivity index (χ0) is 21.9. The molecule has 1 atom stereocenters. The molecule has 0 fully saturated rings. The molecule has 0 saturated carbocycles. The number of anilines is 2. The molecule has 0 unspecified atom stereocenters. The fraction of sp³-hybridized carbons (Fsp3) is 0.0741. The molecule has 4 aromatic rings. The van der Waals surface area contributed by atoms with Crippen LogP contribution >= 0.6 is 0 Å². The van der Waals surface area contributed by atoms with Crippen LogP contribution in [-0.2, 0) is 0 Å². The molecule has 5 rings (SSSR count). The predicted octanol–water partition coefficient (Wildman–Crippen LogP) is 6.26. The molecule has 1 N–H and O–H groups in total. The van der Waals surface area contributed by atoms with E-state index in [0.717, 1.165) is 28.4 Å². The summed E-state index contributed by atoms with van der Waals surface area (Å²) in [7, 11) is 1.64. The van der Waals surface area contributed by atoms with Gasteiger partial charge in [-0.15, -0.1) is 0 Å². The molecule has 158 valence electrons. The van der Waals surface area contributed by atoms with Crippen LogP contribution < -0.4 is 19.7 Å². The topological polar surface area (TPSA) is 50.8 Å². The molecule has 0 radical (unpaired) electrons. The summed E-state index contributed by atoms with van der Waals surface area (Å²) in [5.41, 5.74) is 3.19. The van der Waals surface area contributed by atoms with Gasteiger partial charge in [-0.2, -0.15) is 0 Å². The number of hydrogen-bond acceptors (Lipinski definition) is 4. The molecule has 32 heavy (non-hydrogen) atoms. The molecular formula is C27H22N2O3. The number of nitrogens with one attached hydrogen (secondary N) is 1. The van der Waals surface area contributed by atoms with Crippen molar-refractivity contribution in [2.45, 2.75) is 6.17 Å². The summed E-state index contributed by atoms with van der Waals surface area (Å²) >= 11 is 0. The van der Waals surface area contributed by atoms with Crippen LogP contribution in [0, 0.1) is 0 Å². The highest BCUT2D eigenvalue weighted by molar-refractivity contribution is 6.12. The molecule has 1 aliphatic heterocycles. The molecule has 1 amide bonds. The van der Waals surface area contributed by atoms with Gasteiger partial charge < -0.3 is 14.8 Å². The Morgan fingerprint density at radius 1 is 0.719 bits per heavy atom. The third-order valence-electron chi connectivity index (χ3n) is 5.45. The van der Waals surface area contributed by atoms with E-state index in [1.165, 1.54) is 0 Å². The first kappa shape index (κ1) is 19.7. The molecule has 0 spiro atoms. The van der Waals surface area contributed by atoms with Crippen molar-refractivity contribution >= 4 is 17.3 Å². The zero-order valence-electron chi connectivity index (χ0n) is 17.6. The van der Waals surface area contributed by atoms with Crippen molar-refractivity contribution in [1.82, 2.24) is 0 Å². The average molecular weight is 422 g/mol. The standard InChI is InChI=1S/C27H22N2O3/c1-31-21-15-11-19(12-16-21)26-28-25-10-6-5-9-24(25)27(30)29(26)20-13-17-23(18-14-20)32-22-7-3-2-4-8-22/h2-18,26,28H,1H3/t26-/m1/s1. The Morgan fingerprint density at radius 2 is 1.34 bits per heavy atom. The summed E-state index contributed by atoms with van der Waals surface area (Å²) in [6.07, 6.45) is -0.357. The summed E-state index contributed by atoms with van der Waals surface area (Å²) in [6, 6.07) is 32.5. The molecule has 0 aliphatic carbocycles. The smallest absolute Gasteiger partial charge is 0.262 e. The van der Waals surface area contributed by atoms with E-state index in [2.05, 4.69) is 5.32 Å². The minimum atomic E-state index is -0.357. The molecule has 5 nitrogen and oxygen atoms in total. The summed E-state index contributed by atoms with van der Waals surface area (Å²) < 4.78 is 11.2. The third-order valence-corrected chi connectivity index (χ3v) is 5.45. The van der Waals surface area contributed by atoms with Crippen molar-refractivity contribution in [3.8, 4) is 17.2 Å². The van der Waals surface area contributed by atoms with Gasteiger partial charge in [0.25, 0.3) is 5.91 Å². The molecule has 1 heterocycles. The summed E-state index contributed by atoms with van der Waals surface area (Å²) in [6.45, 7) is 0. The van der Waals surface area contributed by atoms with Gasteiger partial charge in [0, 0.05) is 11.4 Å². The number of carbonyl (C=O) groups is 1. The van der Waals surface area contributed by atoms with E-state index in [1.807, 2.05) is 103 Å². The molecule has 0 bridgehead atoms. The third kappa shape index (κ3) is 3.76. The van der Waals surface area contributed by atoms with Gasteiger partial charge in [0.15, 0.2) is 0 Å². The van der Waals surface area contributed by atoms with Crippen LogP contribution in [0.15, 0.2) is 103 Å². The van der Waals surface area contributed by atoms with Gasteiger partial charge in [0.2, 0.25) is 0 Å². The Labute approximate surface area is 186 Å². The number of nitrogens with zero attached hydrogens (tertiary/aromatic N) is 1. The van der Waals surface area contributed by atoms with Gasteiger partial charge in [-0.25, -0.2) is 0 Å². The first-order valence-electron chi connectivity index (χ1n) is 10.4. The Bertz CT molecular complexity index is 1220. The maximum absolute atomic E-state index is 13.5. The molecule has 1 aliphatic rings. The number of para-hydroxylation sites is 2. The van der Waals surface area contributed by atoms with Crippen molar-refractivity contribution in [2.75, 3.05) is 17.3 Å². The van der Waals surface area contributed by atoms with Crippen LogP contribution in [-0.4, -0.2) is 13.0 Å². The molecular weight excluding hydrogens is 400 g/mol. The van der Waals surface area contributed by atoms with E-state index in [4.69, 9.17) is 9.47 Å². The van der Waals surface area contributed by atoms with Gasteiger partial charge in [-0.05, 0) is 66.2 Å². The maximum atomic E-state index is 13.5. The first-order chi connectivity index (χ1) is 15.7. The Kier molecular flexibility index (Phi) is 5.22. The zero-order valence-corrected chi connectivity index (χ0v) is 17.6. The lowest BCUT2D eigenvalue weighted by molar-refractivity contribution is 0.0975. The quantitative estimate of drug-likeness (QED) is 0.412. The van der Waals surface area contributed by atoms with Gasteiger partial charge in [-0.3, -0.25) is 9.69 Å². The van der Waals surface area contributed by atoms with Crippen LogP contribution in [0.5, 0.6) is 17.2 Å². The van der Waals surface area contributed by atoms with Crippen LogP contribution in [0.25, 0.3) is 0 Å². The second-order valence-corrected chi connectivity index (χ2v) is 7.45. The van der Waals surface area contributed by atoms with E-state index in [1.54, 1.807) is 12.0 Å². The molecule has 0 saturated heterocycles. The average Bonchev–Trinajstić information content (AvgIpc) is 2.85. The number of benzene rings is 4. The Balaban J connectivity index is 1.50. The van der Waals surface area contributed by atoms with Crippen molar-refractivity contribution < 1.29 is 14.3 Å². The Morgan fingerprint density at radius 3 is 2.06 bits per heavy atom. The lowest BCUT2D eigenvalue weighted by atomic mass is 10.0. The number of amides is 1. The maximum Gasteiger partial charge on any atom is 0.262 e. The van der Waals surface area contributed by atoms with Gasteiger partial charge in [0.05, 0.1) is 12.7 Å². The SMILES string of the molecule is COc1ccc([C@@H]2Nc3ccccc3C(=O)N2c2ccc(Oc3ccccc3)cc2)cc1. The van der Waals surface area contributed by atoms with Crippen molar-refractivity contribution in [1.29, 1.82) is 0 Å². The monoisotopic (exact) mass is 422 g/mol. The summed E-state index contributed by atoms with van der Waals surface area (Å²) in [5, 5.41) is 3.52. The van der Waals surface area contributed by atoms with E-state index in [9.17, 15) is 4.79 Å². The van der Waals surface area contributed by atoms with Crippen LogP contribution in [0.2, 0.25) is 0 Å². The molecule has 5 heteroatoms. The van der Waals surface area contributed by atoms with Crippen molar-refractivity contribution in [3.05, 3.63) is 114 Å². The highest BCUT2D eigenvalue weighted by Gasteiger charge is 2.34. The van der Waals surface area contributed by atoms with Gasteiger partial charge >= 0.3 is 0 Å². The number of ether oxygens (including phenoxy) is 2. The fourth-order valence-electron chi connectivity index (χ4n) is 3.84. The second kappa shape index (κ2) is 8.47. The van der Waals surface area contributed by atoms with E-state index in [0.29, 0.717) is 11.3 Å². The van der Waals surface area contributed by atoms with Crippen LogP contribution in [0.3, 0.4) is 0 Å². The minimum absolute atomic E-state index is 0.0584. The predicted molar refractivity (Wildman–Crippen MR) is 126 cm³/mol. The lowest BCUT2D eigenvalue weighted by Crippen LogP contribution is -2.43. The van der Waals surface area contributed by atoms with Gasteiger partial charge in [-0.1, -0.05) is 42.5 Å². The number of methoxy groups -OCH3 is 1. The number of hydrogen-bond donors (Lipinski definition) is 1. The number of carbonyl (C=O) groups excluding carboxylic acids is 1. The van der Waals surface area contributed by atoms with E-state index < -0.39 is 0 Å². The minimum Gasteiger partial charge on any atom is -0.497 e. The first-order valence-corrected chi connectivity index (χ1v) is 10.4. The highest BCUT2D eigenvalue weighted by atomic mass is 16.5. The Hall–Kier alpha value is -4.25. The number of fused-ring (bicyclic) bond motifs is 1. The van der Waals surface area contributed by atoms with E-state index in [-0.39, 0.29) is 12.1 Å².